The smallest absolute Gasteiger partial charge is 0.327 e. The Bertz CT molecular complexity index is 897. The van der Waals surface area contributed by atoms with Crippen molar-refractivity contribution in [2.45, 2.75) is 55.4 Å². The second-order valence-electron chi connectivity index (χ2n) is 8.50. The number of carbonyl (C=O) groups excluding carboxylic acids is 1. The quantitative estimate of drug-likeness (QED) is 0.744. The highest BCUT2D eigenvalue weighted by molar-refractivity contribution is 5.76. The van der Waals surface area contributed by atoms with Gasteiger partial charge in [-0.1, -0.05) is 6.07 Å². The Morgan fingerprint density at radius 3 is 2.96 bits per heavy atom. The Morgan fingerprint density at radius 2 is 2.25 bits per heavy atom. The maximum atomic E-state index is 12.2. The Morgan fingerprint density at radius 1 is 1.46 bits per heavy atom. The van der Waals surface area contributed by atoms with Gasteiger partial charge in [-0.05, 0) is 51.1 Å². The van der Waals surface area contributed by atoms with E-state index in [9.17, 15) is 9.90 Å². The molecule has 4 aliphatic rings. The van der Waals surface area contributed by atoms with Gasteiger partial charge >= 0.3 is 5.97 Å². The highest BCUT2D eigenvalue weighted by Crippen LogP contribution is 2.65. The molecule has 1 fully saturated rings. The summed E-state index contributed by atoms with van der Waals surface area (Å²) in [5, 5.41) is 12.0. The van der Waals surface area contributed by atoms with E-state index in [1.54, 1.807) is 20.1 Å². The van der Waals surface area contributed by atoms with Crippen molar-refractivity contribution in [2.75, 3.05) is 20.7 Å². The summed E-state index contributed by atoms with van der Waals surface area (Å²) in [6.45, 7) is 2.43. The van der Waals surface area contributed by atoms with Crippen molar-refractivity contribution in [1.29, 1.82) is 0 Å². The van der Waals surface area contributed by atoms with Gasteiger partial charge < -0.3 is 30.0 Å². The van der Waals surface area contributed by atoms with Gasteiger partial charge in [0.15, 0.2) is 17.6 Å². The minimum atomic E-state index is -1.00. The van der Waals surface area contributed by atoms with Crippen LogP contribution >= 0.6 is 0 Å². The largest absolute Gasteiger partial charge is 0.493 e. The van der Waals surface area contributed by atoms with Crippen LogP contribution in [0, 0.1) is 0 Å². The van der Waals surface area contributed by atoms with Gasteiger partial charge in [0.25, 0.3) is 0 Å². The highest BCUT2D eigenvalue weighted by Gasteiger charge is 2.72. The number of aliphatic hydroxyl groups is 1. The van der Waals surface area contributed by atoms with Gasteiger partial charge in [0.05, 0.1) is 18.1 Å². The zero-order valence-electron chi connectivity index (χ0n) is 16.4. The number of hydrogen-bond donors (Lipinski definition) is 2. The van der Waals surface area contributed by atoms with Crippen LogP contribution in [0.3, 0.4) is 0 Å². The first-order chi connectivity index (χ1) is 13.3. The van der Waals surface area contributed by atoms with Crippen LogP contribution in [0.15, 0.2) is 24.0 Å². The number of nitrogens with two attached hydrogens (primary N) is 1. The summed E-state index contributed by atoms with van der Waals surface area (Å²) < 4.78 is 17.6. The van der Waals surface area contributed by atoms with Gasteiger partial charge in [-0.2, -0.15) is 0 Å². The van der Waals surface area contributed by atoms with Crippen molar-refractivity contribution in [3.05, 3.63) is 35.1 Å². The summed E-state index contributed by atoms with van der Waals surface area (Å²) in [4.78, 5) is 14.5. The lowest BCUT2D eigenvalue weighted by Gasteiger charge is -2.61. The number of likely N-dealkylation sites (tertiary alicyclic amines) is 1. The first kappa shape index (κ1) is 18.0. The fourth-order valence-corrected chi connectivity index (χ4v) is 5.80. The van der Waals surface area contributed by atoms with Gasteiger partial charge in [-0.25, -0.2) is 4.79 Å². The summed E-state index contributed by atoms with van der Waals surface area (Å²) >= 11 is 0. The maximum absolute atomic E-state index is 12.2. The predicted octanol–water partition coefficient (Wildman–Crippen LogP) is 0.863. The molecule has 28 heavy (non-hydrogen) atoms. The zero-order valence-corrected chi connectivity index (χ0v) is 16.4. The van der Waals surface area contributed by atoms with Crippen molar-refractivity contribution >= 4 is 5.97 Å². The lowest BCUT2D eigenvalue weighted by atomic mass is 9.50. The van der Waals surface area contributed by atoms with Crippen molar-refractivity contribution in [2.24, 2.45) is 5.73 Å². The summed E-state index contributed by atoms with van der Waals surface area (Å²) in [7, 11) is 3.67. The number of nitrogens with zero attached hydrogens (tertiary/aromatic N) is 1. The number of hydrogen-bond acceptors (Lipinski definition) is 7. The van der Waals surface area contributed by atoms with E-state index in [-0.39, 0.29) is 6.04 Å². The number of carbonyl (C=O) groups is 1. The van der Waals surface area contributed by atoms with Crippen molar-refractivity contribution in [3.63, 3.8) is 0 Å². The summed E-state index contributed by atoms with van der Waals surface area (Å²) in [6.07, 6.45) is 3.09. The molecule has 3 N–H and O–H groups in total. The first-order valence-corrected chi connectivity index (χ1v) is 9.80. The number of esters is 1. The molecule has 5 rings (SSSR count). The van der Waals surface area contributed by atoms with Gasteiger partial charge in [0.2, 0.25) is 0 Å². The van der Waals surface area contributed by atoms with Crippen LogP contribution in [0.25, 0.3) is 0 Å². The van der Waals surface area contributed by atoms with Crippen LogP contribution in [-0.4, -0.2) is 60.5 Å². The summed E-state index contributed by atoms with van der Waals surface area (Å²) in [6, 6.07) is 3.23. The molecule has 2 bridgehead atoms. The monoisotopic (exact) mass is 386 g/mol. The maximum Gasteiger partial charge on any atom is 0.327 e. The number of ether oxygens (including phenoxy) is 3. The fraction of sp³-hybridized carbons (Fsp3) is 0.571. The molecule has 1 spiro atoms. The molecule has 2 aliphatic heterocycles. The molecule has 0 amide bonds. The third-order valence-corrected chi connectivity index (χ3v) is 7.15. The summed E-state index contributed by atoms with van der Waals surface area (Å²) in [5.74, 6) is 1.25. The molecule has 2 aliphatic carbocycles. The predicted molar refractivity (Wildman–Crippen MR) is 101 cm³/mol. The van der Waals surface area contributed by atoms with Crippen LogP contribution in [-0.2, 0) is 21.4 Å². The van der Waals surface area contributed by atoms with Crippen LogP contribution in [0.2, 0.25) is 0 Å². The van der Waals surface area contributed by atoms with E-state index in [0.717, 1.165) is 18.5 Å². The first-order valence-electron chi connectivity index (χ1n) is 9.80. The second kappa shape index (κ2) is 5.72. The fourth-order valence-electron chi connectivity index (χ4n) is 5.80. The SMILES string of the molecule is COc1ccc2c3c1O[C@@H]1C(OC(=O)[C@H](C)N)=CC[C@]4(O)[C@H](C2)N(C)CC[C@@]314. The average Bonchev–Trinajstić information content (AvgIpc) is 3.02. The topological polar surface area (TPSA) is 94.2 Å². The van der Waals surface area contributed by atoms with Crippen LogP contribution in [0.1, 0.15) is 30.9 Å². The Balaban J connectivity index is 1.72. The van der Waals surface area contributed by atoms with Gasteiger partial charge in [0, 0.05) is 18.0 Å². The van der Waals surface area contributed by atoms with E-state index < -0.39 is 29.1 Å². The van der Waals surface area contributed by atoms with E-state index in [0.29, 0.717) is 30.1 Å². The minimum absolute atomic E-state index is 0.0267. The molecule has 150 valence electrons. The lowest BCUT2D eigenvalue weighted by molar-refractivity contribution is -0.169. The molecule has 1 aromatic carbocycles. The van der Waals surface area contributed by atoms with E-state index in [1.165, 1.54) is 5.56 Å². The molecule has 7 nitrogen and oxygen atoms in total. The normalized spacial score (nSPS) is 36.1. The van der Waals surface area contributed by atoms with E-state index in [4.69, 9.17) is 19.9 Å². The summed E-state index contributed by atoms with van der Waals surface area (Å²) in [5.41, 5.74) is 6.23. The van der Waals surface area contributed by atoms with Crippen molar-refractivity contribution in [1.82, 2.24) is 4.90 Å². The molecule has 2 heterocycles. The number of piperidine rings is 1. The van der Waals surface area contributed by atoms with E-state index >= 15 is 0 Å². The molecule has 0 aromatic heterocycles. The Kier molecular flexibility index (Phi) is 3.67. The Labute approximate surface area is 164 Å². The Hall–Kier alpha value is -2.09. The van der Waals surface area contributed by atoms with Gasteiger partial charge in [-0.3, -0.25) is 0 Å². The molecule has 0 radical (unpaired) electrons. The van der Waals surface area contributed by atoms with Crippen LogP contribution < -0.4 is 15.2 Å². The van der Waals surface area contributed by atoms with Crippen LogP contribution in [0.5, 0.6) is 11.5 Å². The molecular formula is C21H26N2O5. The molecule has 0 saturated carbocycles. The molecular weight excluding hydrogens is 360 g/mol. The zero-order chi connectivity index (χ0) is 19.8. The van der Waals surface area contributed by atoms with Crippen molar-refractivity contribution < 1.29 is 24.1 Å². The minimum Gasteiger partial charge on any atom is -0.493 e. The number of rotatable bonds is 3. The van der Waals surface area contributed by atoms with E-state index in [2.05, 4.69) is 18.0 Å². The third-order valence-electron chi connectivity index (χ3n) is 7.15. The van der Waals surface area contributed by atoms with Crippen molar-refractivity contribution in [3.8, 4) is 11.5 Å². The van der Waals surface area contributed by atoms with E-state index in [1.807, 2.05) is 6.07 Å². The molecule has 7 heteroatoms. The second-order valence-corrected chi connectivity index (χ2v) is 8.50. The molecule has 1 saturated heterocycles. The number of benzene rings is 1. The molecule has 5 atom stereocenters. The number of likely N-dealkylation sites (N-methyl/N-ethyl adjacent to an activating group) is 1. The lowest BCUT2D eigenvalue weighted by Crippen LogP contribution is -2.74. The van der Waals surface area contributed by atoms with Gasteiger partial charge in [-0.15, -0.1) is 0 Å². The molecule has 0 unspecified atom stereocenters. The standard InChI is InChI=1S/C21H26N2O5/c1-11(22)19(24)27-14-6-7-21(25)15-10-12-4-5-13(26-3)17-16(12)20(21,18(14)28-17)8-9-23(15)2/h4-6,11,15,18,25H,7-10,22H2,1-3H3/t11-,15-,18+,20+,21-/m0/s1. The highest BCUT2D eigenvalue weighted by atomic mass is 16.6. The van der Waals surface area contributed by atoms with Crippen LogP contribution in [0.4, 0.5) is 0 Å². The molecule has 1 aromatic rings. The number of methoxy groups -OCH3 is 1. The average molecular weight is 386 g/mol. The van der Waals surface area contributed by atoms with Gasteiger partial charge in [0.1, 0.15) is 11.8 Å². The third kappa shape index (κ3) is 1.97.